The molecule has 0 aromatic rings. The molecule has 0 aromatic heterocycles. The molecule has 1 aliphatic rings. The summed E-state index contributed by atoms with van der Waals surface area (Å²) in [5.41, 5.74) is 6.43. The van der Waals surface area contributed by atoms with E-state index in [-0.39, 0.29) is 36.3 Å². The fourth-order valence-electron chi connectivity index (χ4n) is 2.77. The van der Waals surface area contributed by atoms with Gasteiger partial charge >= 0.3 is 5.97 Å². The predicted molar refractivity (Wildman–Crippen MR) is 80.7 cm³/mol. The van der Waals surface area contributed by atoms with Crippen LogP contribution in [0.1, 0.15) is 40.0 Å². The first-order valence-electron chi connectivity index (χ1n) is 6.81. The van der Waals surface area contributed by atoms with Crippen LogP contribution in [0.3, 0.4) is 0 Å². The fraction of sp³-hybridized carbons (Fsp3) is 0.714. The van der Waals surface area contributed by atoms with E-state index in [1.807, 2.05) is 6.92 Å². The molecule has 0 aromatic carbocycles. The Morgan fingerprint density at radius 3 is 2.55 bits per heavy atom. The average Bonchev–Trinajstić information content (AvgIpc) is 2.66. The Morgan fingerprint density at radius 1 is 1.55 bits per heavy atom. The van der Waals surface area contributed by atoms with Crippen LogP contribution in [0.25, 0.3) is 0 Å². The zero-order valence-electron chi connectivity index (χ0n) is 12.3. The maximum Gasteiger partial charge on any atom is 0.331 e. The minimum atomic E-state index is -0.874. The van der Waals surface area contributed by atoms with Crippen LogP contribution in [-0.4, -0.2) is 29.1 Å². The average molecular weight is 305 g/mol. The molecular weight excluding hydrogens is 280 g/mol. The van der Waals surface area contributed by atoms with Crippen LogP contribution in [0.2, 0.25) is 0 Å². The van der Waals surface area contributed by atoms with Crippen LogP contribution < -0.4 is 11.1 Å². The zero-order chi connectivity index (χ0) is 14.6. The summed E-state index contributed by atoms with van der Waals surface area (Å²) < 4.78 is 0. The molecule has 1 aliphatic carbocycles. The van der Waals surface area contributed by atoms with E-state index in [1.54, 1.807) is 6.08 Å². The number of hydrogen-bond acceptors (Lipinski definition) is 3. The highest BCUT2D eigenvalue weighted by atomic mass is 35.5. The van der Waals surface area contributed by atoms with Gasteiger partial charge in [-0.2, -0.15) is 0 Å². The van der Waals surface area contributed by atoms with Gasteiger partial charge in [0.1, 0.15) is 0 Å². The molecule has 116 valence electrons. The summed E-state index contributed by atoms with van der Waals surface area (Å²) in [6, 6.07) is -0.0401. The molecule has 4 atom stereocenters. The van der Waals surface area contributed by atoms with Gasteiger partial charge in [-0.15, -0.1) is 12.4 Å². The Kier molecular flexibility index (Phi) is 7.83. The predicted octanol–water partition coefficient (Wildman–Crippen LogP) is 1.71. The summed E-state index contributed by atoms with van der Waals surface area (Å²) in [5.74, 6) is -0.513. The summed E-state index contributed by atoms with van der Waals surface area (Å²) in [5, 5.41) is 11.9. The summed E-state index contributed by atoms with van der Waals surface area (Å²) in [4.78, 5) is 22.0. The number of hydrogen-bond donors (Lipinski definition) is 3. The minimum absolute atomic E-state index is 0. The van der Waals surface area contributed by atoms with Crippen LogP contribution in [0, 0.1) is 11.8 Å². The molecule has 4 N–H and O–H groups in total. The van der Waals surface area contributed by atoms with Crippen molar-refractivity contribution in [3.05, 3.63) is 11.6 Å². The van der Waals surface area contributed by atoms with Gasteiger partial charge < -0.3 is 16.2 Å². The van der Waals surface area contributed by atoms with Crippen molar-refractivity contribution in [2.75, 3.05) is 0 Å². The van der Waals surface area contributed by atoms with Crippen LogP contribution in [0.5, 0.6) is 0 Å². The number of carboxylic acid groups (broad SMARTS) is 1. The van der Waals surface area contributed by atoms with Crippen LogP contribution >= 0.6 is 12.4 Å². The normalized spacial score (nSPS) is 24.3. The number of carboxylic acids is 1. The van der Waals surface area contributed by atoms with E-state index in [1.165, 1.54) is 6.92 Å². The Morgan fingerprint density at radius 2 is 2.15 bits per heavy atom. The molecule has 0 saturated carbocycles. The first-order valence-corrected chi connectivity index (χ1v) is 6.81. The van der Waals surface area contributed by atoms with Crippen LogP contribution in [0.4, 0.5) is 0 Å². The molecule has 0 fully saturated rings. The summed E-state index contributed by atoms with van der Waals surface area (Å²) >= 11 is 0. The van der Waals surface area contributed by atoms with Gasteiger partial charge in [0.15, 0.2) is 0 Å². The monoisotopic (exact) mass is 304 g/mol. The number of carbonyl (C=O) groups is 2. The minimum Gasteiger partial charge on any atom is -0.478 e. The third-order valence-electron chi connectivity index (χ3n) is 3.93. The highest BCUT2D eigenvalue weighted by Gasteiger charge is 2.30. The summed E-state index contributed by atoms with van der Waals surface area (Å²) in [6.45, 7) is 5.57. The summed E-state index contributed by atoms with van der Waals surface area (Å²) in [6.07, 6.45) is 3.97. The van der Waals surface area contributed by atoms with E-state index < -0.39 is 5.97 Å². The van der Waals surface area contributed by atoms with Crippen molar-refractivity contribution in [2.24, 2.45) is 17.6 Å². The van der Waals surface area contributed by atoms with Crippen molar-refractivity contribution < 1.29 is 14.7 Å². The zero-order valence-corrected chi connectivity index (χ0v) is 13.1. The second-order valence-corrected chi connectivity index (χ2v) is 5.42. The van der Waals surface area contributed by atoms with E-state index in [0.29, 0.717) is 17.9 Å². The number of rotatable bonds is 6. The van der Waals surface area contributed by atoms with Gasteiger partial charge in [0.05, 0.1) is 0 Å². The lowest BCUT2D eigenvalue weighted by molar-refractivity contribution is -0.132. The first-order chi connectivity index (χ1) is 8.85. The maximum atomic E-state index is 11.1. The van der Waals surface area contributed by atoms with E-state index in [4.69, 9.17) is 10.8 Å². The van der Waals surface area contributed by atoms with Gasteiger partial charge in [-0.05, 0) is 31.6 Å². The molecule has 20 heavy (non-hydrogen) atoms. The number of carbonyl (C=O) groups excluding carboxylic acids is 1. The van der Waals surface area contributed by atoms with Gasteiger partial charge in [-0.1, -0.05) is 19.4 Å². The number of aliphatic carboxylic acids is 1. The first kappa shape index (κ1) is 18.9. The molecule has 0 heterocycles. The largest absolute Gasteiger partial charge is 0.478 e. The number of amides is 1. The lowest BCUT2D eigenvalue weighted by atomic mass is 9.85. The number of halogens is 1. The topological polar surface area (TPSA) is 92.4 Å². The quantitative estimate of drug-likeness (QED) is 0.696. The highest BCUT2D eigenvalue weighted by molar-refractivity contribution is 5.87. The van der Waals surface area contributed by atoms with Gasteiger partial charge in [0.2, 0.25) is 5.91 Å². The van der Waals surface area contributed by atoms with Crippen molar-refractivity contribution in [3.8, 4) is 0 Å². The van der Waals surface area contributed by atoms with Gasteiger partial charge in [-0.3, -0.25) is 4.79 Å². The molecule has 0 radical (unpaired) electrons. The van der Waals surface area contributed by atoms with Crippen molar-refractivity contribution in [1.82, 2.24) is 5.32 Å². The molecule has 0 saturated heterocycles. The lowest BCUT2D eigenvalue weighted by Gasteiger charge is -2.27. The van der Waals surface area contributed by atoms with Crippen molar-refractivity contribution in [2.45, 2.75) is 52.1 Å². The molecule has 0 aliphatic heterocycles. The molecule has 5 nitrogen and oxygen atoms in total. The molecule has 4 unspecified atom stereocenters. The standard InChI is InChI=1S/C14H24N2O3.ClH/c1-4-10(8(2)16-9(3)17)5-11-6-12(14(18)19)7-13(11)15;/h6,8,10-11,13H,4-5,7,15H2,1-3H3,(H,16,17)(H,18,19);1H. The van der Waals surface area contributed by atoms with Gasteiger partial charge in [0, 0.05) is 24.6 Å². The highest BCUT2D eigenvalue weighted by Crippen LogP contribution is 2.30. The van der Waals surface area contributed by atoms with E-state index >= 15 is 0 Å². The van der Waals surface area contributed by atoms with Crippen molar-refractivity contribution >= 4 is 24.3 Å². The Labute approximate surface area is 126 Å². The Bertz CT molecular complexity index is 385. The number of nitrogens with two attached hydrogens (primary N) is 1. The number of nitrogens with one attached hydrogen (secondary N) is 1. The van der Waals surface area contributed by atoms with Crippen molar-refractivity contribution in [1.29, 1.82) is 0 Å². The third-order valence-corrected chi connectivity index (χ3v) is 3.93. The molecule has 1 rings (SSSR count). The molecule has 1 amide bonds. The second kappa shape index (κ2) is 8.27. The van der Waals surface area contributed by atoms with E-state index in [9.17, 15) is 9.59 Å². The molecule has 0 bridgehead atoms. The van der Waals surface area contributed by atoms with Crippen molar-refractivity contribution in [3.63, 3.8) is 0 Å². The van der Waals surface area contributed by atoms with Crippen LogP contribution in [0.15, 0.2) is 11.6 Å². The summed E-state index contributed by atoms with van der Waals surface area (Å²) in [7, 11) is 0. The Balaban J connectivity index is 0.00000361. The fourth-order valence-corrected chi connectivity index (χ4v) is 2.77. The van der Waals surface area contributed by atoms with E-state index in [0.717, 1.165) is 12.8 Å². The molecular formula is C14H25ClN2O3. The Hall–Kier alpha value is -1.07. The second-order valence-electron chi connectivity index (χ2n) is 5.42. The van der Waals surface area contributed by atoms with Gasteiger partial charge in [-0.25, -0.2) is 4.79 Å². The molecule has 0 spiro atoms. The lowest BCUT2D eigenvalue weighted by Crippen LogP contribution is -2.38. The maximum absolute atomic E-state index is 11.1. The SMILES string of the molecule is CCC(CC1C=C(C(=O)O)CC1N)C(C)NC(C)=O.Cl. The van der Waals surface area contributed by atoms with E-state index in [2.05, 4.69) is 12.2 Å². The van der Waals surface area contributed by atoms with Gasteiger partial charge in [0.25, 0.3) is 0 Å². The third kappa shape index (κ3) is 5.13. The smallest absolute Gasteiger partial charge is 0.331 e. The van der Waals surface area contributed by atoms with Crippen LogP contribution in [-0.2, 0) is 9.59 Å². The molecule has 6 heteroatoms.